The summed E-state index contributed by atoms with van der Waals surface area (Å²) in [6, 6.07) is 3.83. The molecule has 1 aromatic heterocycles. The number of hydrogen-bond acceptors (Lipinski definition) is 3. The molecule has 1 aliphatic heterocycles. The van der Waals surface area contributed by atoms with Crippen molar-refractivity contribution in [1.82, 2.24) is 10.6 Å². The van der Waals surface area contributed by atoms with Crippen molar-refractivity contribution < 1.29 is 9.21 Å². The topological polar surface area (TPSA) is 54.3 Å². The van der Waals surface area contributed by atoms with E-state index in [1.807, 2.05) is 13.0 Å². The van der Waals surface area contributed by atoms with Crippen LogP contribution in [0.4, 0.5) is 0 Å². The Labute approximate surface area is 102 Å². The number of furan rings is 1. The van der Waals surface area contributed by atoms with Gasteiger partial charge in [-0.1, -0.05) is 13.3 Å². The summed E-state index contributed by atoms with van der Waals surface area (Å²) in [5.74, 6) is 1.18. The van der Waals surface area contributed by atoms with E-state index in [1.54, 1.807) is 6.07 Å². The number of aryl methyl sites for hydroxylation is 1. The minimum Gasteiger partial charge on any atom is -0.456 e. The molecule has 1 aromatic rings. The first-order chi connectivity index (χ1) is 8.29. The highest BCUT2D eigenvalue weighted by molar-refractivity contribution is 5.91. The molecule has 1 unspecified atom stereocenters. The summed E-state index contributed by atoms with van der Waals surface area (Å²) in [7, 11) is 0. The number of carbonyl (C=O) groups is 1. The van der Waals surface area contributed by atoms with E-state index in [0.29, 0.717) is 5.76 Å². The third-order valence-corrected chi connectivity index (χ3v) is 3.12. The van der Waals surface area contributed by atoms with Gasteiger partial charge in [-0.3, -0.25) is 4.79 Å². The second kappa shape index (κ2) is 5.87. The van der Waals surface area contributed by atoms with Crippen LogP contribution in [-0.2, 0) is 6.42 Å². The van der Waals surface area contributed by atoms with E-state index >= 15 is 0 Å². The smallest absolute Gasteiger partial charge is 0.287 e. The fourth-order valence-electron chi connectivity index (χ4n) is 2.09. The van der Waals surface area contributed by atoms with Gasteiger partial charge in [-0.15, -0.1) is 0 Å². The molecule has 94 valence electrons. The Hall–Kier alpha value is -1.29. The molecular weight excluding hydrogens is 216 g/mol. The van der Waals surface area contributed by atoms with Gasteiger partial charge in [0.05, 0.1) is 0 Å². The van der Waals surface area contributed by atoms with Crippen molar-refractivity contribution in [3.63, 3.8) is 0 Å². The van der Waals surface area contributed by atoms with E-state index in [2.05, 4.69) is 10.6 Å². The molecule has 0 aromatic carbocycles. The molecule has 0 aliphatic carbocycles. The van der Waals surface area contributed by atoms with Crippen LogP contribution in [0.5, 0.6) is 0 Å². The molecule has 17 heavy (non-hydrogen) atoms. The van der Waals surface area contributed by atoms with Crippen LogP contribution in [-0.4, -0.2) is 25.0 Å². The van der Waals surface area contributed by atoms with Gasteiger partial charge in [0, 0.05) is 19.0 Å². The van der Waals surface area contributed by atoms with Gasteiger partial charge < -0.3 is 15.1 Å². The Bertz CT molecular complexity index is 365. The Kier molecular flexibility index (Phi) is 4.20. The summed E-state index contributed by atoms with van der Waals surface area (Å²) in [5, 5.41) is 6.34. The standard InChI is InChI=1S/C13H20N2O2/c1-2-11-6-7-12(17-11)13(16)15-10-5-3-4-8-14-9-10/h6-7,10,14H,2-5,8-9H2,1H3,(H,15,16). The van der Waals surface area contributed by atoms with Crippen LogP contribution in [0.1, 0.15) is 42.5 Å². The summed E-state index contributed by atoms with van der Waals surface area (Å²) in [6.45, 7) is 3.91. The normalized spacial score (nSPS) is 20.9. The van der Waals surface area contributed by atoms with Gasteiger partial charge in [0.1, 0.15) is 5.76 Å². The van der Waals surface area contributed by atoms with Crippen LogP contribution in [0.15, 0.2) is 16.5 Å². The fraction of sp³-hybridized carbons (Fsp3) is 0.615. The van der Waals surface area contributed by atoms with Gasteiger partial charge in [-0.25, -0.2) is 0 Å². The number of amides is 1. The maximum atomic E-state index is 11.9. The lowest BCUT2D eigenvalue weighted by Gasteiger charge is -2.15. The van der Waals surface area contributed by atoms with Crippen molar-refractivity contribution in [2.45, 2.75) is 38.6 Å². The van der Waals surface area contributed by atoms with Crippen LogP contribution in [0.3, 0.4) is 0 Å². The Morgan fingerprint density at radius 3 is 3.18 bits per heavy atom. The summed E-state index contributed by atoms with van der Waals surface area (Å²) in [4.78, 5) is 11.9. The lowest BCUT2D eigenvalue weighted by Crippen LogP contribution is -2.40. The van der Waals surface area contributed by atoms with Gasteiger partial charge in [0.15, 0.2) is 5.76 Å². The van der Waals surface area contributed by atoms with Crippen LogP contribution < -0.4 is 10.6 Å². The maximum Gasteiger partial charge on any atom is 0.287 e. The molecule has 1 saturated heterocycles. The van der Waals surface area contributed by atoms with Crippen LogP contribution in [0, 0.1) is 0 Å². The van der Waals surface area contributed by atoms with E-state index in [-0.39, 0.29) is 11.9 Å². The van der Waals surface area contributed by atoms with Crippen molar-refractivity contribution in [2.75, 3.05) is 13.1 Å². The zero-order valence-corrected chi connectivity index (χ0v) is 10.3. The second-order valence-corrected chi connectivity index (χ2v) is 4.49. The summed E-state index contributed by atoms with van der Waals surface area (Å²) < 4.78 is 5.43. The second-order valence-electron chi connectivity index (χ2n) is 4.49. The largest absolute Gasteiger partial charge is 0.456 e. The Balaban J connectivity index is 1.91. The molecule has 0 bridgehead atoms. The molecule has 0 spiro atoms. The van der Waals surface area contributed by atoms with Crippen molar-refractivity contribution >= 4 is 5.91 Å². The van der Waals surface area contributed by atoms with Gasteiger partial charge in [0.25, 0.3) is 5.91 Å². The molecule has 1 amide bonds. The Morgan fingerprint density at radius 2 is 2.41 bits per heavy atom. The SMILES string of the molecule is CCc1ccc(C(=O)NC2CCCCNC2)o1. The lowest BCUT2D eigenvalue weighted by molar-refractivity contribution is 0.0906. The van der Waals surface area contributed by atoms with Crippen molar-refractivity contribution in [2.24, 2.45) is 0 Å². The lowest BCUT2D eigenvalue weighted by atomic mass is 10.1. The van der Waals surface area contributed by atoms with Gasteiger partial charge in [-0.2, -0.15) is 0 Å². The third kappa shape index (κ3) is 3.33. The fourth-order valence-corrected chi connectivity index (χ4v) is 2.09. The summed E-state index contributed by atoms with van der Waals surface area (Å²) >= 11 is 0. The quantitative estimate of drug-likeness (QED) is 0.840. The zero-order chi connectivity index (χ0) is 12.1. The van der Waals surface area contributed by atoms with Gasteiger partial charge in [-0.05, 0) is 31.5 Å². The van der Waals surface area contributed by atoms with E-state index in [0.717, 1.165) is 38.1 Å². The molecule has 4 heteroatoms. The van der Waals surface area contributed by atoms with Gasteiger partial charge >= 0.3 is 0 Å². The highest BCUT2D eigenvalue weighted by atomic mass is 16.3. The molecule has 2 rings (SSSR count). The predicted octanol–water partition coefficient (Wildman–Crippen LogP) is 1.71. The van der Waals surface area contributed by atoms with E-state index in [9.17, 15) is 4.79 Å². The first-order valence-electron chi connectivity index (χ1n) is 6.40. The minimum atomic E-state index is -0.0987. The van der Waals surface area contributed by atoms with Gasteiger partial charge in [0.2, 0.25) is 0 Å². The monoisotopic (exact) mass is 236 g/mol. The predicted molar refractivity (Wildman–Crippen MR) is 66.1 cm³/mol. The summed E-state index contributed by atoms with van der Waals surface area (Å²) in [6.07, 6.45) is 4.21. The molecule has 2 heterocycles. The van der Waals surface area contributed by atoms with E-state index in [4.69, 9.17) is 4.42 Å². The van der Waals surface area contributed by atoms with Crippen molar-refractivity contribution in [3.8, 4) is 0 Å². The molecule has 1 aliphatic rings. The highest BCUT2D eigenvalue weighted by Crippen LogP contribution is 2.10. The summed E-state index contributed by atoms with van der Waals surface area (Å²) in [5.41, 5.74) is 0. The van der Waals surface area contributed by atoms with E-state index < -0.39 is 0 Å². The molecular formula is C13H20N2O2. The number of nitrogens with one attached hydrogen (secondary N) is 2. The Morgan fingerprint density at radius 1 is 1.53 bits per heavy atom. The zero-order valence-electron chi connectivity index (χ0n) is 10.3. The average Bonchev–Trinajstić information content (AvgIpc) is 2.68. The maximum absolute atomic E-state index is 11.9. The molecule has 1 fully saturated rings. The molecule has 1 atom stereocenters. The number of rotatable bonds is 3. The van der Waals surface area contributed by atoms with Crippen LogP contribution in [0.25, 0.3) is 0 Å². The molecule has 4 nitrogen and oxygen atoms in total. The highest BCUT2D eigenvalue weighted by Gasteiger charge is 2.17. The van der Waals surface area contributed by atoms with E-state index in [1.165, 1.54) is 6.42 Å². The van der Waals surface area contributed by atoms with Crippen molar-refractivity contribution in [3.05, 3.63) is 23.7 Å². The molecule has 0 saturated carbocycles. The van der Waals surface area contributed by atoms with Crippen LogP contribution >= 0.6 is 0 Å². The third-order valence-electron chi connectivity index (χ3n) is 3.12. The molecule has 0 radical (unpaired) electrons. The number of carbonyl (C=O) groups excluding carboxylic acids is 1. The average molecular weight is 236 g/mol. The molecule has 2 N–H and O–H groups in total. The minimum absolute atomic E-state index is 0.0987. The first kappa shape index (κ1) is 12.2. The van der Waals surface area contributed by atoms with Crippen molar-refractivity contribution in [1.29, 1.82) is 0 Å². The van der Waals surface area contributed by atoms with Crippen LogP contribution in [0.2, 0.25) is 0 Å². The first-order valence-corrected chi connectivity index (χ1v) is 6.40. The number of hydrogen-bond donors (Lipinski definition) is 2.